The Morgan fingerprint density at radius 1 is 1.03 bits per heavy atom. The van der Waals surface area contributed by atoms with E-state index in [9.17, 15) is 9.59 Å². The Labute approximate surface area is 190 Å². The third-order valence-corrected chi connectivity index (χ3v) is 10.5. The van der Waals surface area contributed by atoms with Crippen LogP contribution in [0, 0.1) is 52.3 Å². The molecule has 0 aromatic carbocycles. The van der Waals surface area contributed by atoms with Gasteiger partial charge in [-0.2, -0.15) is 0 Å². The van der Waals surface area contributed by atoms with Gasteiger partial charge in [-0.25, -0.2) is 0 Å². The summed E-state index contributed by atoms with van der Waals surface area (Å²) in [5.41, 5.74) is 1.16. The molecule has 4 aliphatic rings. The zero-order valence-corrected chi connectivity index (χ0v) is 20.7. The van der Waals surface area contributed by atoms with Crippen molar-refractivity contribution in [3.63, 3.8) is 0 Å². The van der Waals surface area contributed by atoms with Crippen LogP contribution in [-0.2, 0) is 9.59 Å². The summed E-state index contributed by atoms with van der Waals surface area (Å²) in [6.07, 6.45) is 15.2. The Morgan fingerprint density at radius 3 is 2.45 bits per heavy atom. The van der Waals surface area contributed by atoms with Crippen LogP contribution in [0.2, 0.25) is 0 Å². The Kier molecular flexibility index (Phi) is 6.16. The highest BCUT2D eigenvalue weighted by Crippen LogP contribution is 2.67. The number of hydrogen-bond donors (Lipinski definition) is 0. The lowest BCUT2D eigenvalue weighted by molar-refractivity contribution is -0.131. The number of Topliss-reactive ketones (excluding diaryl/α,β-unsaturated/α-hetero) is 1. The van der Waals surface area contributed by atoms with E-state index in [0.29, 0.717) is 53.8 Å². The van der Waals surface area contributed by atoms with Crippen LogP contribution in [0.1, 0.15) is 92.9 Å². The van der Waals surface area contributed by atoms with Crippen molar-refractivity contribution in [2.24, 2.45) is 52.3 Å². The summed E-state index contributed by atoms with van der Waals surface area (Å²) in [6, 6.07) is 0. The summed E-state index contributed by atoms with van der Waals surface area (Å²) in [5.74, 6) is 4.92. The van der Waals surface area contributed by atoms with Gasteiger partial charge in [0.05, 0.1) is 0 Å². The van der Waals surface area contributed by atoms with Gasteiger partial charge < -0.3 is 0 Å². The highest BCUT2D eigenvalue weighted by atomic mass is 16.1. The topological polar surface area (TPSA) is 34.1 Å². The Morgan fingerprint density at radius 2 is 1.77 bits per heavy atom. The van der Waals surface area contributed by atoms with Crippen LogP contribution < -0.4 is 0 Å². The maximum absolute atomic E-state index is 13.2. The van der Waals surface area contributed by atoms with E-state index in [0.717, 1.165) is 17.9 Å². The third-order valence-electron chi connectivity index (χ3n) is 10.5. The monoisotopic (exact) mass is 424 g/mol. The molecule has 4 rings (SSSR count). The fourth-order valence-electron chi connectivity index (χ4n) is 8.57. The second-order valence-electron chi connectivity index (χ2n) is 12.2. The number of ketones is 2. The number of carbonyl (C=O) groups is 2. The average Bonchev–Trinajstić information content (AvgIpc) is 3.07. The molecular weight excluding hydrogens is 380 g/mol. The van der Waals surface area contributed by atoms with Crippen LogP contribution >= 0.6 is 0 Å². The molecule has 0 N–H and O–H groups in total. The maximum Gasteiger partial charge on any atom is 0.159 e. The van der Waals surface area contributed by atoms with Gasteiger partial charge in [0.1, 0.15) is 0 Å². The molecule has 2 heteroatoms. The fraction of sp³-hybridized carbons (Fsp3) is 0.793. The SMILES string of the molecule is CCC(/C=C/C(C)C1CCC2C3CC(=O)C4=CC(=O)CCC4(C)C3CCC12C)C(C)C. The molecule has 0 bridgehead atoms. The van der Waals surface area contributed by atoms with E-state index in [4.69, 9.17) is 0 Å². The van der Waals surface area contributed by atoms with E-state index in [-0.39, 0.29) is 17.0 Å². The molecule has 172 valence electrons. The first-order chi connectivity index (χ1) is 14.6. The number of hydrogen-bond acceptors (Lipinski definition) is 2. The highest BCUT2D eigenvalue weighted by Gasteiger charge is 2.60. The molecule has 0 aromatic rings. The van der Waals surface area contributed by atoms with Gasteiger partial charge in [0, 0.05) is 18.4 Å². The van der Waals surface area contributed by atoms with Gasteiger partial charge in [0.25, 0.3) is 0 Å². The molecule has 2 nitrogen and oxygen atoms in total. The fourth-order valence-corrected chi connectivity index (χ4v) is 8.57. The average molecular weight is 425 g/mol. The maximum atomic E-state index is 13.2. The summed E-state index contributed by atoms with van der Waals surface area (Å²) in [6.45, 7) is 14.3. The van der Waals surface area contributed by atoms with Crippen LogP contribution in [0.25, 0.3) is 0 Å². The molecule has 0 aliphatic heterocycles. The number of carbonyl (C=O) groups excluding carboxylic acids is 2. The first-order valence-corrected chi connectivity index (χ1v) is 13.1. The first kappa shape index (κ1) is 23.0. The van der Waals surface area contributed by atoms with Gasteiger partial charge in [0.2, 0.25) is 0 Å². The van der Waals surface area contributed by atoms with Crippen molar-refractivity contribution in [1.82, 2.24) is 0 Å². The first-order valence-electron chi connectivity index (χ1n) is 13.1. The van der Waals surface area contributed by atoms with E-state index < -0.39 is 0 Å². The lowest BCUT2D eigenvalue weighted by Crippen LogP contribution is -2.53. The van der Waals surface area contributed by atoms with E-state index in [1.807, 2.05) is 0 Å². The van der Waals surface area contributed by atoms with Crippen molar-refractivity contribution in [3.8, 4) is 0 Å². The number of rotatable bonds is 5. The molecule has 3 saturated carbocycles. The summed E-state index contributed by atoms with van der Waals surface area (Å²) < 4.78 is 0. The van der Waals surface area contributed by atoms with Crippen molar-refractivity contribution in [2.45, 2.75) is 92.9 Å². The van der Waals surface area contributed by atoms with Crippen molar-refractivity contribution in [1.29, 1.82) is 0 Å². The molecule has 0 spiro atoms. The molecule has 8 atom stereocenters. The van der Waals surface area contributed by atoms with Gasteiger partial charge in [-0.15, -0.1) is 0 Å². The van der Waals surface area contributed by atoms with Crippen LogP contribution in [-0.4, -0.2) is 11.6 Å². The summed E-state index contributed by atoms with van der Waals surface area (Å²) >= 11 is 0. The minimum atomic E-state index is -0.0650. The minimum absolute atomic E-state index is 0.0650. The Hall–Kier alpha value is -1.18. The summed E-state index contributed by atoms with van der Waals surface area (Å²) in [7, 11) is 0. The van der Waals surface area contributed by atoms with Crippen molar-refractivity contribution >= 4 is 11.6 Å². The van der Waals surface area contributed by atoms with E-state index >= 15 is 0 Å². The zero-order valence-electron chi connectivity index (χ0n) is 20.7. The van der Waals surface area contributed by atoms with Crippen LogP contribution in [0.15, 0.2) is 23.8 Å². The lowest BCUT2D eigenvalue weighted by atomic mass is 9.46. The molecule has 0 amide bonds. The van der Waals surface area contributed by atoms with Gasteiger partial charge in [0.15, 0.2) is 11.6 Å². The second kappa shape index (κ2) is 8.31. The molecule has 0 heterocycles. The van der Waals surface area contributed by atoms with Crippen molar-refractivity contribution < 1.29 is 9.59 Å². The standard InChI is InChI=1S/C29H44O2/c1-7-20(18(2)3)9-8-19(4)23-10-11-24-22-17-27(31)26-16-21(30)12-14-29(26,6)25(22)13-15-28(23,24)5/h8-9,16,18-20,22-25H,7,10-15,17H2,1-6H3/b9-8+. The highest BCUT2D eigenvalue weighted by molar-refractivity contribution is 6.05. The van der Waals surface area contributed by atoms with Crippen LogP contribution in [0.5, 0.6) is 0 Å². The van der Waals surface area contributed by atoms with Gasteiger partial charge in [-0.05, 0) is 96.9 Å². The second-order valence-corrected chi connectivity index (χ2v) is 12.2. The van der Waals surface area contributed by atoms with Gasteiger partial charge >= 0.3 is 0 Å². The zero-order chi connectivity index (χ0) is 22.6. The molecule has 0 radical (unpaired) electrons. The molecular formula is C29H44O2. The molecule has 31 heavy (non-hydrogen) atoms. The molecule has 8 unspecified atom stereocenters. The van der Waals surface area contributed by atoms with Crippen LogP contribution in [0.4, 0.5) is 0 Å². The number of allylic oxidation sites excluding steroid dienone is 3. The van der Waals surface area contributed by atoms with Crippen LogP contribution in [0.3, 0.4) is 0 Å². The van der Waals surface area contributed by atoms with E-state index in [2.05, 4.69) is 53.7 Å². The Balaban J connectivity index is 1.56. The molecule has 4 aliphatic carbocycles. The quantitative estimate of drug-likeness (QED) is 0.438. The van der Waals surface area contributed by atoms with Crippen molar-refractivity contribution in [2.75, 3.05) is 0 Å². The van der Waals surface area contributed by atoms with Gasteiger partial charge in [-0.1, -0.05) is 53.7 Å². The molecule has 0 saturated heterocycles. The van der Waals surface area contributed by atoms with Gasteiger partial charge in [-0.3, -0.25) is 9.59 Å². The smallest absolute Gasteiger partial charge is 0.159 e. The van der Waals surface area contributed by atoms with Crippen molar-refractivity contribution in [3.05, 3.63) is 23.8 Å². The molecule has 3 fully saturated rings. The number of fused-ring (bicyclic) bond motifs is 5. The predicted molar refractivity (Wildman–Crippen MR) is 128 cm³/mol. The lowest BCUT2D eigenvalue weighted by Gasteiger charge is -2.57. The Bertz CT molecular complexity index is 789. The van der Waals surface area contributed by atoms with E-state index in [1.54, 1.807) is 6.08 Å². The summed E-state index contributed by atoms with van der Waals surface area (Å²) in [4.78, 5) is 25.2. The normalized spacial score (nSPS) is 42.2. The summed E-state index contributed by atoms with van der Waals surface area (Å²) in [5, 5.41) is 0. The largest absolute Gasteiger partial charge is 0.295 e. The predicted octanol–water partition coefficient (Wildman–Crippen LogP) is 7.19. The minimum Gasteiger partial charge on any atom is -0.295 e. The van der Waals surface area contributed by atoms with E-state index in [1.165, 1.54) is 32.1 Å². The molecule has 0 aromatic heterocycles. The third kappa shape index (κ3) is 3.70.